The predicted octanol–water partition coefficient (Wildman–Crippen LogP) is -1.64. The quantitative estimate of drug-likeness (QED) is 0.0330. The van der Waals surface area contributed by atoms with E-state index >= 15 is 0 Å². The lowest BCUT2D eigenvalue weighted by Gasteiger charge is -2.30. The Morgan fingerprint density at radius 3 is 1.07 bits per heavy atom. The van der Waals surface area contributed by atoms with Gasteiger partial charge in [0.05, 0.1) is 12.1 Å². The minimum Gasteiger partial charge on any atom is -0.508 e. The van der Waals surface area contributed by atoms with Gasteiger partial charge in [0.2, 0.25) is 70.9 Å². The van der Waals surface area contributed by atoms with Crippen LogP contribution in [0, 0.1) is 23.7 Å². The molecule has 0 aromatic heterocycles. The molecule has 596 valence electrons. The Hall–Kier alpha value is -8.89. The minimum atomic E-state index is -1.79. The molecule has 0 saturated heterocycles. The summed E-state index contributed by atoms with van der Waals surface area (Å²) >= 11 is 0. The first-order valence-electron chi connectivity index (χ1n) is 36.9. The van der Waals surface area contributed by atoms with Gasteiger partial charge in [0, 0.05) is 12.8 Å². The van der Waals surface area contributed by atoms with Crippen LogP contribution in [0.1, 0.15) is 171 Å². The Bertz CT molecular complexity index is 3130. The van der Waals surface area contributed by atoms with Crippen LogP contribution in [-0.4, -0.2) is 203 Å². The van der Waals surface area contributed by atoms with Crippen molar-refractivity contribution < 1.29 is 77.6 Å². The molecule has 2 aromatic rings. The number of hydrogen-bond donors (Lipinski definition) is 20. The Kier molecular flexibility index (Phi) is 43.1. The van der Waals surface area contributed by atoms with Crippen LogP contribution in [0.25, 0.3) is 0 Å². The lowest BCUT2D eigenvalue weighted by molar-refractivity contribution is -0.143. The predicted molar refractivity (Wildman–Crippen MR) is 399 cm³/mol. The van der Waals surface area contributed by atoms with Crippen molar-refractivity contribution in [3.05, 3.63) is 65.7 Å². The molecule has 2 aromatic carbocycles. The number of aliphatic hydroxyl groups excluding tert-OH is 1. The molecule has 0 fully saturated rings. The maximum absolute atomic E-state index is 14.6. The standard InChI is InChI=1S/C73H123N17O16/c1-40(2)37-54(69(101)89-59(43(7)8)73(105)106)84-67(99)55(38-47-23-13-12-14-24-47)85-68(100)56(39-48-29-31-49(92)32-30-48)86-72(104)60(46(11)91)90-62(94)45(10)79-61(93)44(9)80-70(102)57(41(3)4)88-71(103)58(42(5)6)87-66(98)53(28-18-22-36-77)83-65(97)52(27-17-21-35-76)82-64(96)51(26-16-20-34-75)81-63(95)50(78)25-15-19-33-74/h12-14,23-24,29-32,40-46,50-60,91-92H,15-22,25-28,33-39,74-78H2,1-11H3,(H,79,93)(H,80,102)(H,81,95)(H,82,96)(H,83,97)(H,84,99)(H,85,100)(H,86,104)(H,87,98)(H,88,103)(H,89,101)(H,90,94)(H,105,106)/t44-,45-,46+,50-,51-,52-,53-,54-,55-,56-,57-,58-,59-,60-/m0/s1. The first kappa shape index (κ1) is 93.2. The summed E-state index contributed by atoms with van der Waals surface area (Å²) in [6.45, 7) is 18.4. The molecule has 106 heavy (non-hydrogen) atoms. The van der Waals surface area contributed by atoms with Gasteiger partial charge in [-0.15, -0.1) is 0 Å². The molecule has 0 bridgehead atoms. The number of carbonyl (C=O) groups excluding carboxylic acids is 12. The number of unbranched alkanes of at least 4 members (excludes halogenated alkanes) is 4. The van der Waals surface area contributed by atoms with E-state index in [1.165, 1.54) is 45.0 Å². The first-order chi connectivity index (χ1) is 50.0. The zero-order valence-corrected chi connectivity index (χ0v) is 63.6. The summed E-state index contributed by atoms with van der Waals surface area (Å²) < 4.78 is 0. The molecule has 14 atom stereocenters. The SMILES string of the molecule is CC(C)C[C@H](NC(=O)[C@H](Cc1ccccc1)NC(=O)[C@H](Cc1ccc(O)cc1)NC(=O)[C@@H](NC(=O)[C@H](C)NC(=O)[C@H](C)NC(=O)[C@@H](NC(=O)[C@@H](NC(=O)[C@H](CCCCN)NC(=O)[C@H](CCCCN)NC(=O)[C@H](CCCCN)NC(=O)[C@@H](N)CCCCN)C(C)C)C(C)C)[C@@H](C)O)C(=O)N[C@H](C(=O)O)C(C)C. The third-order valence-electron chi connectivity index (χ3n) is 17.6. The number of hydrogen-bond acceptors (Lipinski definition) is 20. The highest BCUT2D eigenvalue weighted by molar-refractivity contribution is 6.00. The molecule has 0 spiro atoms. The van der Waals surface area contributed by atoms with Crippen LogP contribution in [0.5, 0.6) is 5.75 Å². The number of aliphatic carboxylic acids is 1. The van der Waals surface area contributed by atoms with E-state index in [9.17, 15) is 77.6 Å². The fraction of sp³-hybridized carbons (Fsp3) is 0.658. The molecule has 0 aliphatic rings. The third kappa shape index (κ3) is 34.1. The molecule has 0 aliphatic heterocycles. The molecular weight excluding hydrogens is 1370 g/mol. The molecule has 0 radical (unpaired) electrons. The average molecular weight is 1490 g/mol. The first-order valence-corrected chi connectivity index (χ1v) is 36.9. The summed E-state index contributed by atoms with van der Waals surface area (Å²) in [5, 5.41) is 62.4. The van der Waals surface area contributed by atoms with Gasteiger partial charge in [-0.1, -0.05) is 104 Å². The molecule has 2 rings (SSSR count). The molecule has 33 heteroatoms. The number of phenols is 1. The van der Waals surface area contributed by atoms with Crippen LogP contribution in [0.3, 0.4) is 0 Å². The molecule has 0 aliphatic carbocycles. The van der Waals surface area contributed by atoms with E-state index in [-0.39, 0.29) is 63.3 Å². The monoisotopic (exact) mass is 1490 g/mol. The van der Waals surface area contributed by atoms with E-state index < -0.39 is 179 Å². The molecule has 33 nitrogen and oxygen atoms in total. The zero-order chi connectivity index (χ0) is 79.9. The number of carboxylic acids is 1. The van der Waals surface area contributed by atoms with Crippen LogP contribution in [0.2, 0.25) is 0 Å². The number of amides is 12. The van der Waals surface area contributed by atoms with E-state index in [1.807, 2.05) is 0 Å². The summed E-state index contributed by atoms with van der Waals surface area (Å²) in [6.07, 6.45) is 2.72. The fourth-order valence-electron chi connectivity index (χ4n) is 11.2. The normalized spacial score (nSPS) is 15.4. The highest BCUT2D eigenvalue weighted by Crippen LogP contribution is 2.17. The van der Waals surface area contributed by atoms with Crippen molar-refractivity contribution in [3.8, 4) is 5.75 Å². The number of aromatic hydroxyl groups is 1. The van der Waals surface area contributed by atoms with Crippen LogP contribution in [0.15, 0.2) is 54.6 Å². The van der Waals surface area contributed by atoms with Crippen molar-refractivity contribution >= 4 is 76.9 Å². The number of carbonyl (C=O) groups is 13. The van der Waals surface area contributed by atoms with E-state index in [0.717, 1.165) is 0 Å². The van der Waals surface area contributed by atoms with Gasteiger partial charge in [-0.25, -0.2) is 4.79 Å². The Labute approximate surface area is 623 Å². The van der Waals surface area contributed by atoms with Gasteiger partial charge >= 0.3 is 5.97 Å². The lowest BCUT2D eigenvalue weighted by Crippen LogP contribution is -2.62. The van der Waals surface area contributed by atoms with Gasteiger partial charge in [-0.05, 0) is 171 Å². The summed E-state index contributed by atoms with van der Waals surface area (Å²) in [6, 6.07) is -3.05. The zero-order valence-electron chi connectivity index (χ0n) is 63.6. The van der Waals surface area contributed by atoms with Gasteiger partial charge in [-0.2, -0.15) is 0 Å². The van der Waals surface area contributed by atoms with Crippen molar-refractivity contribution in [2.75, 3.05) is 26.2 Å². The average Bonchev–Trinajstić information content (AvgIpc) is 0.851. The van der Waals surface area contributed by atoms with Gasteiger partial charge in [0.1, 0.15) is 78.3 Å². The lowest BCUT2D eigenvalue weighted by atomic mass is 9.98. The summed E-state index contributed by atoms with van der Waals surface area (Å²) in [4.78, 5) is 181. The molecule has 0 unspecified atom stereocenters. The number of aliphatic hydroxyl groups is 1. The van der Waals surface area contributed by atoms with Gasteiger partial charge in [0.15, 0.2) is 0 Å². The number of benzene rings is 2. The number of nitrogens with one attached hydrogen (secondary N) is 12. The number of nitrogens with two attached hydrogens (primary N) is 5. The number of phenolic OH excluding ortho intramolecular Hbond substituents is 1. The van der Waals surface area contributed by atoms with Gasteiger partial charge < -0.3 is 108 Å². The topological polar surface area (TPSA) is 557 Å². The summed E-state index contributed by atoms with van der Waals surface area (Å²) in [5.41, 5.74) is 30.1. The minimum absolute atomic E-state index is 0.0643. The van der Waals surface area contributed by atoms with Gasteiger partial charge in [-0.3, -0.25) is 57.5 Å². The maximum Gasteiger partial charge on any atom is 0.326 e. The van der Waals surface area contributed by atoms with E-state index in [0.29, 0.717) is 82.0 Å². The molecule has 0 saturated carbocycles. The molecular formula is C73H123N17O16. The number of rotatable bonds is 51. The van der Waals surface area contributed by atoms with E-state index in [1.54, 1.807) is 85.7 Å². The van der Waals surface area contributed by atoms with Crippen LogP contribution in [-0.2, 0) is 75.2 Å². The van der Waals surface area contributed by atoms with Crippen molar-refractivity contribution in [1.82, 2.24) is 63.8 Å². The number of carboxylic acid groups (broad SMARTS) is 1. The largest absolute Gasteiger partial charge is 0.508 e. The molecule has 0 heterocycles. The van der Waals surface area contributed by atoms with Gasteiger partial charge in [0.25, 0.3) is 0 Å². The highest BCUT2D eigenvalue weighted by atomic mass is 16.4. The highest BCUT2D eigenvalue weighted by Gasteiger charge is 2.39. The Morgan fingerprint density at radius 1 is 0.340 bits per heavy atom. The van der Waals surface area contributed by atoms with Crippen LogP contribution < -0.4 is 92.5 Å². The Morgan fingerprint density at radius 2 is 0.651 bits per heavy atom. The van der Waals surface area contributed by atoms with Crippen molar-refractivity contribution in [2.24, 2.45) is 52.3 Å². The maximum atomic E-state index is 14.6. The fourth-order valence-corrected chi connectivity index (χ4v) is 11.2. The van der Waals surface area contributed by atoms with Crippen molar-refractivity contribution in [3.63, 3.8) is 0 Å². The second-order valence-electron chi connectivity index (χ2n) is 28.5. The van der Waals surface area contributed by atoms with Crippen LogP contribution >= 0.6 is 0 Å². The smallest absolute Gasteiger partial charge is 0.326 e. The summed E-state index contributed by atoms with van der Waals surface area (Å²) in [7, 11) is 0. The van der Waals surface area contributed by atoms with Crippen molar-refractivity contribution in [1.29, 1.82) is 0 Å². The second-order valence-corrected chi connectivity index (χ2v) is 28.5. The Balaban J connectivity index is 2.36. The summed E-state index contributed by atoms with van der Waals surface area (Å²) in [5.74, 6) is -13.2. The molecule has 12 amide bonds. The van der Waals surface area contributed by atoms with E-state index in [4.69, 9.17) is 28.7 Å². The van der Waals surface area contributed by atoms with Crippen molar-refractivity contribution in [2.45, 2.75) is 257 Å². The molecule has 25 N–H and O–H groups in total. The van der Waals surface area contributed by atoms with E-state index in [2.05, 4.69) is 63.8 Å². The second kappa shape index (κ2) is 49.1. The van der Waals surface area contributed by atoms with Crippen LogP contribution in [0.4, 0.5) is 0 Å². The third-order valence-corrected chi connectivity index (χ3v) is 17.6.